The Balaban J connectivity index is -0.000000230. The second-order valence-electron chi connectivity index (χ2n) is 3.27. The summed E-state index contributed by atoms with van der Waals surface area (Å²) in [4.78, 5) is 19.7. The lowest BCUT2D eigenvalue weighted by Gasteiger charge is -1.87. The first-order chi connectivity index (χ1) is 9.24. The van der Waals surface area contributed by atoms with E-state index in [0.717, 1.165) is 0 Å². The molecule has 0 saturated carbocycles. The van der Waals surface area contributed by atoms with Gasteiger partial charge in [-0.1, -0.05) is 31.9 Å². The van der Waals surface area contributed by atoms with Gasteiger partial charge in [0.25, 0.3) is 0 Å². The summed E-state index contributed by atoms with van der Waals surface area (Å²) in [6.45, 7) is 16.1. The highest BCUT2D eigenvalue weighted by atomic mass is 16.5. The van der Waals surface area contributed by atoms with Crippen LogP contribution in [0.5, 0.6) is 0 Å². The molecule has 0 atom stereocenters. The lowest BCUT2D eigenvalue weighted by molar-refractivity contribution is -0.133. The molecule has 2 N–H and O–H groups in total. The molecular weight excluding hydrogens is 260 g/mol. The smallest absolute Gasteiger partial charge is 0.330 e. The first-order valence-corrected chi connectivity index (χ1v) is 5.51. The first kappa shape index (κ1) is 22.6. The summed E-state index contributed by atoms with van der Waals surface area (Å²) in [5, 5.41) is 16.2. The summed E-state index contributed by atoms with van der Waals surface area (Å²) >= 11 is 0. The van der Waals surface area contributed by atoms with E-state index in [4.69, 9.17) is 10.2 Å². The molecule has 0 bridgehead atoms. The predicted octanol–water partition coefficient (Wildman–Crippen LogP) is 3.53. The lowest BCUT2D eigenvalue weighted by Crippen LogP contribution is -1.94. The molecule has 0 heterocycles. The average Bonchev–Trinajstić information content (AvgIpc) is 2.38. The fraction of sp³-hybridized carbons (Fsp3) is 0.200. The average molecular weight is 282 g/mol. The third kappa shape index (κ3) is 24.6. The maximum absolute atomic E-state index is 10.1. The third-order valence-corrected chi connectivity index (χ3v) is 1.49. The molecule has 0 spiro atoms. The largest absolute Gasteiger partial charge is 0.478 e. The van der Waals surface area contributed by atoms with Crippen molar-refractivity contribution in [2.75, 3.05) is 0 Å². The Morgan fingerprint density at radius 1 is 1.05 bits per heavy atom. The van der Waals surface area contributed by atoms with Gasteiger partial charge in [-0.05, 0) is 20.3 Å². The molecule has 0 aliphatic heterocycles. The van der Waals surface area contributed by atoms with Crippen LogP contribution in [0.4, 0.5) is 0 Å². The van der Waals surface area contributed by atoms with Gasteiger partial charge in [0, 0.05) is 11.1 Å². The summed E-state index contributed by atoms with van der Waals surface area (Å²) in [6, 6.07) is 0. The van der Waals surface area contributed by atoms with E-state index in [0.29, 0.717) is 12.0 Å². The minimum atomic E-state index is -0.935. The highest BCUT2D eigenvalue weighted by Gasteiger charge is 1.95. The molecule has 0 unspecified atom stereocenters. The van der Waals surface area contributed by atoms with Crippen LogP contribution in [-0.2, 0) is 14.3 Å². The number of carbonyl (C=O) groups is 2. The molecule has 112 valence electrons. The topological polar surface area (TPSA) is 83.8 Å². The Hall–Kier alpha value is -2.56. The van der Waals surface area contributed by atoms with Gasteiger partial charge in [0.15, 0.2) is 0 Å². The van der Waals surface area contributed by atoms with Gasteiger partial charge in [-0.15, -0.1) is 6.58 Å². The molecule has 0 aromatic carbocycles. The summed E-state index contributed by atoms with van der Waals surface area (Å²) in [6.07, 6.45) is 6.53. The highest BCUT2D eigenvalue weighted by molar-refractivity contribution is 5.85. The van der Waals surface area contributed by atoms with Crippen LogP contribution in [0.2, 0.25) is 0 Å². The Morgan fingerprint density at radius 2 is 1.45 bits per heavy atom. The van der Waals surface area contributed by atoms with Gasteiger partial charge in [-0.3, -0.25) is 0 Å². The Morgan fingerprint density at radius 3 is 1.60 bits per heavy atom. The van der Waals surface area contributed by atoms with Gasteiger partial charge in [-0.2, -0.15) is 0 Å². The van der Waals surface area contributed by atoms with Crippen molar-refractivity contribution in [2.24, 2.45) is 0 Å². The quantitative estimate of drug-likeness (QED) is 0.442. The van der Waals surface area contributed by atoms with Crippen LogP contribution in [0.1, 0.15) is 20.3 Å². The molecular formula is C15H22O5. The highest BCUT2D eigenvalue weighted by Crippen LogP contribution is 1.94. The molecule has 20 heavy (non-hydrogen) atoms. The Labute approximate surface area is 119 Å². The predicted molar refractivity (Wildman–Crippen MR) is 80.1 cm³/mol. The van der Waals surface area contributed by atoms with Crippen molar-refractivity contribution in [1.82, 2.24) is 0 Å². The van der Waals surface area contributed by atoms with Crippen molar-refractivity contribution in [3.63, 3.8) is 0 Å². The van der Waals surface area contributed by atoms with Gasteiger partial charge in [0.05, 0.1) is 12.5 Å². The number of hydrogen-bond donors (Lipinski definition) is 2. The summed E-state index contributed by atoms with van der Waals surface area (Å²) in [5.41, 5.74) is 0.546. The number of rotatable bonds is 6. The van der Waals surface area contributed by atoms with Crippen LogP contribution in [0, 0.1) is 0 Å². The molecule has 0 aliphatic carbocycles. The Kier molecular flexibility index (Phi) is 18.6. The van der Waals surface area contributed by atoms with E-state index in [1.165, 1.54) is 19.4 Å². The first-order valence-electron chi connectivity index (χ1n) is 5.51. The summed E-state index contributed by atoms with van der Waals surface area (Å²) < 4.78 is 4.36. The number of carboxylic acids is 2. The lowest BCUT2D eigenvalue weighted by atomic mass is 10.2. The zero-order valence-electron chi connectivity index (χ0n) is 12.0. The van der Waals surface area contributed by atoms with Gasteiger partial charge < -0.3 is 14.9 Å². The van der Waals surface area contributed by atoms with E-state index >= 15 is 0 Å². The van der Waals surface area contributed by atoms with Gasteiger partial charge >= 0.3 is 11.9 Å². The van der Waals surface area contributed by atoms with E-state index in [1.807, 2.05) is 0 Å². The molecule has 0 radical (unpaired) electrons. The Bertz CT molecular complexity index is 360. The summed E-state index contributed by atoms with van der Waals surface area (Å²) in [5.74, 6) is -1.80. The minimum absolute atomic E-state index is 0.176. The zero-order valence-corrected chi connectivity index (χ0v) is 12.0. The third-order valence-electron chi connectivity index (χ3n) is 1.49. The van der Waals surface area contributed by atoms with Crippen molar-refractivity contribution in [1.29, 1.82) is 0 Å². The maximum atomic E-state index is 10.1. The number of hydrogen-bond acceptors (Lipinski definition) is 3. The molecule has 0 aliphatic rings. The van der Waals surface area contributed by atoms with E-state index in [9.17, 15) is 9.59 Å². The van der Waals surface area contributed by atoms with Crippen LogP contribution in [0.15, 0.2) is 62.1 Å². The SMILES string of the molecule is C=C(C)C(=O)O.C=CCC=C(C)C(=O)O.C=COC=C. The van der Waals surface area contributed by atoms with Gasteiger partial charge in [-0.25, -0.2) is 9.59 Å². The summed E-state index contributed by atoms with van der Waals surface area (Å²) in [7, 11) is 0. The normalized spacial score (nSPS) is 8.60. The van der Waals surface area contributed by atoms with E-state index in [1.54, 1.807) is 19.1 Å². The van der Waals surface area contributed by atoms with Crippen LogP contribution in [0.3, 0.4) is 0 Å². The van der Waals surface area contributed by atoms with Gasteiger partial charge in [0.1, 0.15) is 0 Å². The van der Waals surface area contributed by atoms with E-state index < -0.39 is 11.9 Å². The number of carboxylic acid groups (broad SMARTS) is 2. The molecule has 0 rings (SSSR count). The number of aliphatic carboxylic acids is 2. The van der Waals surface area contributed by atoms with Crippen molar-refractivity contribution >= 4 is 11.9 Å². The molecule has 5 heteroatoms. The fourth-order valence-electron chi connectivity index (χ4n) is 0.415. The van der Waals surface area contributed by atoms with Crippen LogP contribution in [-0.4, -0.2) is 22.2 Å². The zero-order chi connectivity index (χ0) is 16.6. The van der Waals surface area contributed by atoms with Crippen LogP contribution in [0.25, 0.3) is 0 Å². The molecule has 0 amide bonds. The van der Waals surface area contributed by atoms with E-state index in [-0.39, 0.29) is 5.57 Å². The maximum Gasteiger partial charge on any atom is 0.330 e. The molecule has 5 nitrogen and oxygen atoms in total. The standard InChI is InChI=1S/C7H10O2.C4H6O2.C4H6O/c1-3-4-5-6(2)7(8)9;1-3(2)4(5)6;1-3-5-4-2/h3,5H,1,4H2,2H3,(H,8,9);1H2,2H3,(H,5,6);3-4H,1-2H2. The van der Waals surface area contributed by atoms with E-state index in [2.05, 4.69) is 31.1 Å². The molecule has 0 aromatic rings. The van der Waals surface area contributed by atoms with Crippen molar-refractivity contribution < 1.29 is 24.5 Å². The second-order valence-corrected chi connectivity index (χ2v) is 3.27. The fourth-order valence-corrected chi connectivity index (χ4v) is 0.415. The minimum Gasteiger partial charge on any atom is -0.478 e. The van der Waals surface area contributed by atoms with Gasteiger partial charge in [0.2, 0.25) is 0 Å². The number of ether oxygens (including phenoxy) is 1. The van der Waals surface area contributed by atoms with Crippen LogP contribution >= 0.6 is 0 Å². The monoisotopic (exact) mass is 282 g/mol. The second kappa shape index (κ2) is 16.4. The van der Waals surface area contributed by atoms with Crippen LogP contribution < -0.4 is 0 Å². The molecule has 0 saturated heterocycles. The number of allylic oxidation sites excluding steroid dienone is 2. The molecule has 0 aromatic heterocycles. The van der Waals surface area contributed by atoms with Crippen molar-refractivity contribution in [2.45, 2.75) is 20.3 Å². The molecule has 0 fully saturated rings. The van der Waals surface area contributed by atoms with Crippen molar-refractivity contribution in [3.05, 3.63) is 62.1 Å². The van der Waals surface area contributed by atoms with Crippen molar-refractivity contribution in [3.8, 4) is 0 Å².